The Bertz CT molecular complexity index is 960. The largest absolute Gasteiger partial charge is 0.326 e. The van der Waals surface area contributed by atoms with Crippen molar-refractivity contribution >= 4 is 46.5 Å². The molecule has 0 bridgehead atoms. The minimum Gasteiger partial charge on any atom is -0.326 e. The van der Waals surface area contributed by atoms with Crippen LogP contribution in [-0.4, -0.2) is 29.5 Å². The first kappa shape index (κ1) is 18.6. The summed E-state index contributed by atoms with van der Waals surface area (Å²) >= 11 is 1.41. The summed E-state index contributed by atoms with van der Waals surface area (Å²) in [5, 5.41) is 5.26. The predicted octanol–water partition coefficient (Wildman–Crippen LogP) is 3.56. The molecule has 2 aromatic carbocycles. The summed E-state index contributed by atoms with van der Waals surface area (Å²) in [6, 6.07) is 13.1. The zero-order valence-corrected chi connectivity index (χ0v) is 16.3. The quantitative estimate of drug-likeness (QED) is 0.830. The second-order valence-corrected chi connectivity index (χ2v) is 8.24. The molecular formula is C21H21N3O3S. The van der Waals surface area contributed by atoms with Gasteiger partial charge in [-0.15, -0.1) is 11.8 Å². The molecule has 6 nitrogen and oxygen atoms in total. The Morgan fingerprint density at radius 3 is 2.82 bits per heavy atom. The highest BCUT2D eigenvalue weighted by molar-refractivity contribution is 8.01. The molecule has 1 atom stereocenters. The number of hydrogen-bond donors (Lipinski definition) is 2. The third-order valence-electron chi connectivity index (χ3n) is 4.92. The van der Waals surface area contributed by atoms with Crippen molar-refractivity contribution in [2.24, 2.45) is 0 Å². The molecule has 2 aromatic rings. The molecule has 2 N–H and O–H groups in total. The molecule has 0 aromatic heterocycles. The topological polar surface area (TPSA) is 78.5 Å². The maximum absolute atomic E-state index is 12.5. The second-order valence-electron chi connectivity index (χ2n) is 6.99. The fourth-order valence-electron chi connectivity index (χ4n) is 3.55. The maximum atomic E-state index is 12.5. The van der Waals surface area contributed by atoms with E-state index < -0.39 is 5.25 Å². The van der Waals surface area contributed by atoms with E-state index in [1.165, 1.54) is 11.8 Å². The van der Waals surface area contributed by atoms with Gasteiger partial charge in [-0.3, -0.25) is 14.4 Å². The molecule has 2 aliphatic heterocycles. The van der Waals surface area contributed by atoms with Gasteiger partial charge in [0.15, 0.2) is 0 Å². The van der Waals surface area contributed by atoms with Crippen molar-refractivity contribution in [1.29, 1.82) is 0 Å². The van der Waals surface area contributed by atoms with Crippen LogP contribution in [0.1, 0.15) is 24.8 Å². The van der Waals surface area contributed by atoms with Crippen LogP contribution in [0.25, 0.3) is 0 Å². The van der Waals surface area contributed by atoms with Crippen molar-refractivity contribution in [2.75, 3.05) is 22.1 Å². The molecule has 1 saturated heterocycles. The second kappa shape index (κ2) is 7.67. The van der Waals surface area contributed by atoms with Crippen LogP contribution in [-0.2, 0) is 14.4 Å². The van der Waals surface area contributed by atoms with Crippen molar-refractivity contribution in [3.8, 4) is 0 Å². The Hall–Kier alpha value is -2.80. The Labute approximate surface area is 167 Å². The van der Waals surface area contributed by atoms with Gasteiger partial charge in [0.1, 0.15) is 0 Å². The highest BCUT2D eigenvalue weighted by Crippen LogP contribution is 2.36. The third kappa shape index (κ3) is 3.75. The third-order valence-corrected chi connectivity index (χ3v) is 6.20. The average Bonchev–Trinajstić information content (AvgIpc) is 3.08. The molecular weight excluding hydrogens is 374 g/mol. The molecule has 3 amide bonds. The van der Waals surface area contributed by atoms with Crippen molar-refractivity contribution < 1.29 is 14.4 Å². The van der Waals surface area contributed by atoms with Gasteiger partial charge in [-0.25, -0.2) is 0 Å². The average molecular weight is 395 g/mol. The van der Waals surface area contributed by atoms with Gasteiger partial charge in [-0.05, 0) is 49.2 Å². The lowest BCUT2D eigenvalue weighted by Crippen LogP contribution is -2.32. The van der Waals surface area contributed by atoms with Crippen LogP contribution in [0, 0.1) is 6.92 Å². The number of para-hydroxylation sites is 1. The molecule has 0 spiro atoms. The van der Waals surface area contributed by atoms with E-state index in [0.29, 0.717) is 12.1 Å². The number of rotatable bonds is 4. The number of benzene rings is 2. The minimum atomic E-state index is -0.461. The Kier molecular flexibility index (Phi) is 5.09. The van der Waals surface area contributed by atoms with Crippen LogP contribution in [0.4, 0.5) is 17.1 Å². The summed E-state index contributed by atoms with van der Waals surface area (Å²) in [4.78, 5) is 39.5. The van der Waals surface area contributed by atoms with Crippen LogP contribution in [0.2, 0.25) is 0 Å². The van der Waals surface area contributed by atoms with E-state index >= 15 is 0 Å². The molecule has 1 fully saturated rings. The molecule has 0 aliphatic carbocycles. The van der Waals surface area contributed by atoms with Crippen molar-refractivity contribution in [3.05, 3.63) is 48.0 Å². The standard InChI is InChI=1S/C21H21N3O3S/c1-13-11-14(8-9-16(13)24-10-4-7-20(24)26)22-19(25)12-18-21(27)23-15-5-2-3-6-17(15)28-18/h2-3,5-6,8-9,11,18H,4,7,10,12H2,1H3,(H,22,25)(H,23,27). The first-order valence-corrected chi connectivity index (χ1v) is 10.2. The number of amides is 3. The van der Waals surface area contributed by atoms with Gasteiger partial charge in [0.25, 0.3) is 0 Å². The number of nitrogens with one attached hydrogen (secondary N) is 2. The molecule has 2 aliphatic rings. The SMILES string of the molecule is Cc1cc(NC(=O)CC2Sc3ccccc3NC2=O)ccc1N1CCCC1=O. The van der Waals surface area contributed by atoms with E-state index in [4.69, 9.17) is 0 Å². The Morgan fingerprint density at radius 1 is 1.25 bits per heavy atom. The number of nitrogens with zero attached hydrogens (tertiary/aromatic N) is 1. The molecule has 0 saturated carbocycles. The van der Waals surface area contributed by atoms with Crippen molar-refractivity contribution in [3.63, 3.8) is 0 Å². The number of carbonyl (C=O) groups is 3. The Balaban J connectivity index is 1.41. The smallest absolute Gasteiger partial charge is 0.238 e. The number of fused-ring (bicyclic) bond motifs is 1. The van der Waals surface area contributed by atoms with Gasteiger partial charge < -0.3 is 15.5 Å². The Morgan fingerprint density at radius 2 is 2.07 bits per heavy atom. The highest BCUT2D eigenvalue weighted by Gasteiger charge is 2.29. The van der Waals surface area contributed by atoms with E-state index in [9.17, 15) is 14.4 Å². The van der Waals surface area contributed by atoms with Crippen LogP contribution in [0.15, 0.2) is 47.4 Å². The summed E-state index contributed by atoms with van der Waals surface area (Å²) in [6.07, 6.45) is 1.55. The van der Waals surface area contributed by atoms with E-state index in [2.05, 4.69) is 10.6 Å². The molecule has 4 rings (SSSR count). The van der Waals surface area contributed by atoms with Gasteiger partial charge in [0.05, 0.1) is 10.9 Å². The molecule has 144 valence electrons. The lowest BCUT2D eigenvalue weighted by molar-refractivity contribution is -0.120. The number of hydrogen-bond acceptors (Lipinski definition) is 4. The molecule has 0 radical (unpaired) electrons. The number of aryl methyl sites for hydroxylation is 1. The van der Waals surface area contributed by atoms with Gasteiger partial charge in [0, 0.05) is 35.7 Å². The maximum Gasteiger partial charge on any atom is 0.238 e. The van der Waals surface area contributed by atoms with E-state index in [1.807, 2.05) is 43.3 Å². The van der Waals surface area contributed by atoms with E-state index in [-0.39, 0.29) is 24.1 Å². The van der Waals surface area contributed by atoms with Crippen molar-refractivity contribution in [2.45, 2.75) is 36.3 Å². The summed E-state index contributed by atoms with van der Waals surface area (Å²) in [5.74, 6) is -0.227. The highest BCUT2D eigenvalue weighted by atomic mass is 32.2. The predicted molar refractivity (Wildman–Crippen MR) is 111 cm³/mol. The first-order valence-electron chi connectivity index (χ1n) is 9.29. The normalized spacial score (nSPS) is 18.6. The van der Waals surface area contributed by atoms with E-state index in [0.717, 1.165) is 34.8 Å². The van der Waals surface area contributed by atoms with Crippen LogP contribution in [0.5, 0.6) is 0 Å². The number of anilines is 3. The zero-order chi connectivity index (χ0) is 19.7. The van der Waals surface area contributed by atoms with Gasteiger partial charge in [-0.2, -0.15) is 0 Å². The van der Waals surface area contributed by atoms with Gasteiger partial charge >= 0.3 is 0 Å². The minimum absolute atomic E-state index is 0.0935. The lowest BCUT2D eigenvalue weighted by atomic mass is 10.1. The number of thioether (sulfide) groups is 1. The van der Waals surface area contributed by atoms with Gasteiger partial charge in [0.2, 0.25) is 17.7 Å². The zero-order valence-electron chi connectivity index (χ0n) is 15.5. The molecule has 2 heterocycles. The lowest BCUT2D eigenvalue weighted by Gasteiger charge is -2.23. The molecule has 7 heteroatoms. The summed E-state index contributed by atoms with van der Waals surface area (Å²) in [6.45, 7) is 2.67. The van der Waals surface area contributed by atoms with Crippen LogP contribution >= 0.6 is 11.8 Å². The molecule has 1 unspecified atom stereocenters. The first-order chi connectivity index (χ1) is 13.5. The summed E-state index contributed by atoms with van der Waals surface area (Å²) in [7, 11) is 0. The van der Waals surface area contributed by atoms with Gasteiger partial charge in [-0.1, -0.05) is 12.1 Å². The monoisotopic (exact) mass is 395 g/mol. The summed E-state index contributed by atoms with van der Waals surface area (Å²) in [5.41, 5.74) is 3.28. The number of carbonyl (C=O) groups excluding carboxylic acids is 3. The van der Waals surface area contributed by atoms with Crippen LogP contribution in [0.3, 0.4) is 0 Å². The summed E-state index contributed by atoms with van der Waals surface area (Å²) < 4.78 is 0. The fraction of sp³-hybridized carbons (Fsp3) is 0.286. The fourth-order valence-corrected chi connectivity index (χ4v) is 4.66. The molecule has 28 heavy (non-hydrogen) atoms. The van der Waals surface area contributed by atoms with Crippen molar-refractivity contribution in [1.82, 2.24) is 0 Å². The van der Waals surface area contributed by atoms with E-state index in [1.54, 1.807) is 11.0 Å². The van der Waals surface area contributed by atoms with Crippen LogP contribution < -0.4 is 15.5 Å².